The minimum absolute atomic E-state index is 0.250. The number of furan rings is 1. The van der Waals surface area contributed by atoms with Crippen molar-refractivity contribution in [2.75, 3.05) is 7.11 Å². The van der Waals surface area contributed by atoms with Crippen molar-refractivity contribution in [3.05, 3.63) is 29.2 Å². The van der Waals surface area contributed by atoms with Gasteiger partial charge in [-0.25, -0.2) is 0 Å². The van der Waals surface area contributed by atoms with Crippen LogP contribution in [0.4, 0.5) is 0 Å². The number of ether oxygens (including phenoxy) is 1. The van der Waals surface area contributed by atoms with E-state index in [4.69, 9.17) is 9.15 Å². The standard InChI is InChI=1S/C15H20O2/c1-16-13-8-5-9-14-12(13)10-15(17-14)11-6-3-2-4-7-11/h6,10,13H,2-5,7-9H2,1H3/t13-/m0/s1. The fourth-order valence-corrected chi connectivity index (χ4v) is 2.98. The largest absolute Gasteiger partial charge is 0.461 e. The lowest BCUT2D eigenvalue weighted by molar-refractivity contribution is 0.0857. The summed E-state index contributed by atoms with van der Waals surface area (Å²) in [5.74, 6) is 2.25. The number of fused-ring (bicyclic) bond motifs is 1. The third kappa shape index (κ3) is 2.06. The quantitative estimate of drug-likeness (QED) is 0.760. The molecule has 1 heterocycles. The molecule has 0 aromatic carbocycles. The van der Waals surface area contributed by atoms with Gasteiger partial charge in [-0.3, -0.25) is 0 Å². The van der Waals surface area contributed by atoms with Gasteiger partial charge in [-0.15, -0.1) is 0 Å². The van der Waals surface area contributed by atoms with Crippen LogP contribution in [-0.4, -0.2) is 7.11 Å². The zero-order valence-corrected chi connectivity index (χ0v) is 10.5. The molecule has 0 unspecified atom stereocenters. The van der Waals surface area contributed by atoms with Crippen LogP contribution < -0.4 is 0 Å². The molecule has 1 aromatic rings. The van der Waals surface area contributed by atoms with E-state index in [1.54, 1.807) is 7.11 Å². The van der Waals surface area contributed by atoms with Gasteiger partial charge in [0.05, 0.1) is 6.10 Å². The maximum absolute atomic E-state index is 6.03. The molecule has 3 rings (SSSR count). The molecule has 2 aliphatic rings. The Bertz CT molecular complexity index is 428. The fourth-order valence-electron chi connectivity index (χ4n) is 2.98. The van der Waals surface area contributed by atoms with Crippen LogP contribution >= 0.6 is 0 Å². The molecule has 1 atom stereocenters. The van der Waals surface area contributed by atoms with Gasteiger partial charge in [0.1, 0.15) is 11.5 Å². The van der Waals surface area contributed by atoms with Crippen LogP contribution in [-0.2, 0) is 11.2 Å². The lowest BCUT2D eigenvalue weighted by atomic mass is 9.94. The first-order chi connectivity index (χ1) is 8.38. The number of aryl methyl sites for hydroxylation is 1. The van der Waals surface area contributed by atoms with E-state index in [-0.39, 0.29) is 6.10 Å². The molecule has 0 N–H and O–H groups in total. The zero-order valence-electron chi connectivity index (χ0n) is 10.5. The second-order valence-electron chi connectivity index (χ2n) is 5.08. The second kappa shape index (κ2) is 4.69. The van der Waals surface area contributed by atoms with Crippen molar-refractivity contribution in [3.8, 4) is 0 Å². The van der Waals surface area contributed by atoms with Crippen LogP contribution in [0.5, 0.6) is 0 Å². The Morgan fingerprint density at radius 3 is 2.94 bits per heavy atom. The molecule has 2 nitrogen and oxygen atoms in total. The summed E-state index contributed by atoms with van der Waals surface area (Å²) in [7, 11) is 1.80. The van der Waals surface area contributed by atoms with Crippen molar-refractivity contribution in [3.63, 3.8) is 0 Å². The van der Waals surface area contributed by atoms with E-state index in [1.165, 1.54) is 43.2 Å². The highest BCUT2D eigenvalue weighted by Gasteiger charge is 2.25. The van der Waals surface area contributed by atoms with Gasteiger partial charge in [0, 0.05) is 19.1 Å². The number of methoxy groups -OCH3 is 1. The number of rotatable bonds is 2. The molecule has 17 heavy (non-hydrogen) atoms. The van der Waals surface area contributed by atoms with Crippen molar-refractivity contribution in [1.29, 1.82) is 0 Å². The molecule has 0 bridgehead atoms. The minimum Gasteiger partial charge on any atom is -0.461 e. The van der Waals surface area contributed by atoms with Gasteiger partial charge in [-0.1, -0.05) is 6.08 Å². The van der Waals surface area contributed by atoms with Crippen LogP contribution in [0.25, 0.3) is 5.57 Å². The molecule has 92 valence electrons. The van der Waals surface area contributed by atoms with Crippen molar-refractivity contribution in [1.82, 2.24) is 0 Å². The topological polar surface area (TPSA) is 22.4 Å². The molecule has 0 saturated heterocycles. The summed E-state index contributed by atoms with van der Waals surface area (Å²) in [6.45, 7) is 0. The van der Waals surface area contributed by atoms with Gasteiger partial charge >= 0.3 is 0 Å². The maximum atomic E-state index is 6.03. The molecule has 0 saturated carbocycles. The second-order valence-corrected chi connectivity index (χ2v) is 5.08. The van der Waals surface area contributed by atoms with Gasteiger partial charge in [0.2, 0.25) is 0 Å². The van der Waals surface area contributed by atoms with Crippen LogP contribution in [0.3, 0.4) is 0 Å². The highest BCUT2D eigenvalue weighted by molar-refractivity contribution is 5.63. The van der Waals surface area contributed by atoms with Crippen molar-refractivity contribution < 1.29 is 9.15 Å². The number of allylic oxidation sites excluding steroid dienone is 2. The van der Waals surface area contributed by atoms with E-state index in [1.807, 2.05) is 0 Å². The van der Waals surface area contributed by atoms with Crippen LogP contribution in [0, 0.1) is 0 Å². The lowest BCUT2D eigenvalue weighted by Gasteiger charge is -2.19. The third-order valence-electron chi connectivity index (χ3n) is 3.95. The van der Waals surface area contributed by atoms with Crippen molar-refractivity contribution >= 4 is 5.57 Å². The summed E-state index contributed by atoms with van der Waals surface area (Å²) < 4.78 is 11.6. The Kier molecular flexibility index (Phi) is 3.06. The SMILES string of the molecule is CO[C@H]1CCCc2oc(C3=CCCCC3)cc21. The fraction of sp³-hybridized carbons (Fsp3) is 0.600. The molecule has 2 heteroatoms. The average Bonchev–Trinajstić information content (AvgIpc) is 2.83. The summed E-state index contributed by atoms with van der Waals surface area (Å²) in [4.78, 5) is 0. The lowest BCUT2D eigenvalue weighted by Crippen LogP contribution is -2.08. The molecule has 1 aromatic heterocycles. The van der Waals surface area contributed by atoms with E-state index in [9.17, 15) is 0 Å². The van der Waals surface area contributed by atoms with Gasteiger partial charge in [-0.2, -0.15) is 0 Å². The number of hydrogen-bond donors (Lipinski definition) is 0. The van der Waals surface area contributed by atoms with Gasteiger partial charge in [-0.05, 0) is 50.2 Å². The van der Waals surface area contributed by atoms with Gasteiger partial charge < -0.3 is 9.15 Å². The Morgan fingerprint density at radius 1 is 1.24 bits per heavy atom. The predicted octanol–water partition coefficient (Wildman–Crippen LogP) is 4.26. The molecule has 2 aliphatic carbocycles. The average molecular weight is 232 g/mol. The van der Waals surface area contributed by atoms with Crippen molar-refractivity contribution in [2.24, 2.45) is 0 Å². The summed E-state index contributed by atoms with van der Waals surface area (Å²) >= 11 is 0. The summed E-state index contributed by atoms with van der Waals surface area (Å²) in [5.41, 5.74) is 2.70. The summed E-state index contributed by atoms with van der Waals surface area (Å²) in [5, 5.41) is 0. The molecule has 0 aliphatic heterocycles. The smallest absolute Gasteiger partial charge is 0.130 e. The van der Waals surface area contributed by atoms with E-state index in [0.29, 0.717) is 0 Å². The summed E-state index contributed by atoms with van der Waals surface area (Å²) in [6.07, 6.45) is 11.0. The highest BCUT2D eigenvalue weighted by atomic mass is 16.5. The van der Waals surface area contributed by atoms with Crippen molar-refractivity contribution in [2.45, 2.75) is 51.0 Å². The monoisotopic (exact) mass is 232 g/mol. The van der Waals surface area contributed by atoms with E-state index < -0.39 is 0 Å². The first-order valence-corrected chi connectivity index (χ1v) is 6.73. The molecular weight excluding hydrogens is 212 g/mol. The van der Waals surface area contributed by atoms with E-state index in [0.717, 1.165) is 24.4 Å². The Morgan fingerprint density at radius 2 is 2.18 bits per heavy atom. The highest BCUT2D eigenvalue weighted by Crippen LogP contribution is 2.37. The first-order valence-electron chi connectivity index (χ1n) is 6.73. The normalized spacial score (nSPS) is 24.3. The zero-order chi connectivity index (χ0) is 11.7. The van der Waals surface area contributed by atoms with Crippen LogP contribution in [0.1, 0.15) is 61.7 Å². The Hall–Kier alpha value is -1.02. The summed E-state index contributed by atoms with van der Waals surface area (Å²) in [6, 6.07) is 2.22. The van der Waals surface area contributed by atoms with Gasteiger partial charge in [0.15, 0.2) is 0 Å². The first kappa shape index (κ1) is 11.1. The Balaban J connectivity index is 1.92. The molecule has 0 spiro atoms. The predicted molar refractivity (Wildman–Crippen MR) is 67.8 cm³/mol. The molecule has 0 radical (unpaired) electrons. The minimum atomic E-state index is 0.250. The number of hydrogen-bond acceptors (Lipinski definition) is 2. The van der Waals surface area contributed by atoms with Crippen LogP contribution in [0.2, 0.25) is 0 Å². The molecule has 0 fully saturated rings. The van der Waals surface area contributed by atoms with E-state index >= 15 is 0 Å². The molecular formula is C15H20O2. The molecule has 0 amide bonds. The third-order valence-corrected chi connectivity index (χ3v) is 3.95. The van der Waals surface area contributed by atoms with E-state index in [2.05, 4.69) is 12.1 Å². The van der Waals surface area contributed by atoms with Crippen LogP contribution in [0.15, 0.2) is 16.6 Å². The van der Waals surface area contributed by atoms with Gasteiger partial charge in [0.25, 0.3) is 0 Å². The Labute approximate surface area is 103 Å². The maximum Gasteiger partial charge on any atom is 0.130 e.